The second-order valence-electron chi connectivity index (χ2n) is 5.45. The lowest BCUT2D eigenvalue weighted by Crippen LogP contribution is -2.46. The van der Waals surface area contributed by atoms with Crippen molar-refractivity contribution < 1.29 is 0 Å². The predicted molar refractivity (Wildman–Crippen MR) is 62.1 cm³/mol. The fourth-order valence-electron chi connectivity index (χ4n) is 2.17. The Labute approximate surface area is 76.6 Å². The fourth-order valence-corrected chi connectivity index (χ4v) is 19.5. The average molecular weight is 203 g/mol. The summed E-state index contributed by atoms with van der Waals surface area (Å²) in [6, 6.07) is 0. The Morgan fingerprint density at radius 3 is 1.09 bits per heavy atom. The Morgan fingerprint density at radius 2 is 1.09 bits per heavy atom. The zero-order chi connectivity index (χ0) is 9.28. The Balaban J connectivity index is 4.43. The van der Waals surface area contributed by atoms with Crippen LogP contribution >= 0.6 is 0 Å². The summed E-state index contributed by atoms with van der Waals surface area (Å²) in [5.41, 5.74) is 0. The molecule has 0 aromatic heterocycles. The molecule has 0 nitrogen and oxygen atoms in total. The smallest absolute Gasteiger partial charge is 0.0417 e. The highest BCUT2D eigenvalue weighted by Gasteiger charge is 2.35. The molecular weight excluding hydrogens is 180 g/mol. The van der Waals surface area contributed by atoms with Gasteiger partial charge in [0.25, 0.3) is 0 Å². The molecule has 0 aromatic carbocycles. The maximum absolute atomic E-state index is 2.52. The van der Waals surface area contributed by atoms with Crippen molar-refractivity contribution in [2.45, 2.75) is 50.6 Å². The van der Waals surface area contributed by atoms with Crippen LogP contribution < -0.4 is 0 Å². The van der Waals surface area contributed by atoms with Gasteiger partial charge in [-0.05, 0) is 0 Å². The van der Waals surface area contributed by atoms with Crippen molar-refractivity contribution in [2.75, 3.05) is 0 Å². The molecule has 3 heteroatoms. The maximum Gasteiger partial charge on any atom is 0.0417 e. The van der Waals surface area contributed by atoms with Crippen molar-refractivity contribution in [1.29, 1.82) is 0 Å². The second-order valence-corrected chi connectivity index (χ2v) is 19.0. The highest BCUT2D eigenvalue weighted by molar-refractivity contribution is 7.04. The van der Waals surface area contributed by atoms with Crippen LogP contribution in [-0.4, -0.2) is 25.7 Å². The van der Waals surface area contributed by atoms with Crippen LogP contribution in [0, 0.1) is 0 Å². The standard InChI is InChI=1S/C8H22Si3/c1-9-8(10(2,3)4)11(5,6)7/h8H,1-7H3. The summed E-state index contributed by atoms with van der Waals surface area (Å²) in [7, 11) is -0.521. The van der Waals surface area contributed by atoms with Crippen LogP contribution in [0.2, 0.25) is 50.6 Å². The molecule has 0 bridgehead atoms. The minimum atomic E-state index is -0.848. The molecule has 0 rings (SSSR count). The summed E-state index contributed by atoms with van der Waals surface area (Å²) < 4.78 is 0. The normalized spacial score (nSPS) is 14.2. The lowest BCUT2D eigenvalue weighted by atomic mass is 11.7. The molecule has 0 N–H and O–H groups in total. The molecule has 0 aliphatic carbocycles. The van der Waals surface area contributed by atoms with Gasteiger partial charge in [0.05, 0.1) is 0 Å². The molecule has 0 saturated heterocycles. The summed E-state index contributed by atoms with van der Waals surface area (Å²) in [4.78, 5) is 1.12. The van der Waals surface area contributed by atoms with E-state index in [0.29, 0.717) is 0 Å². The molecule has 0 aliphatic rings. The van der Waals surface area contributed by atoms with Crippen LogP contribution in [0.15, 0.2) is 0 Å². The van der Waals surface area contributed by atoms with Gasteiger partial charge >= 0.3 is 0 Å². The fraction of sp³-hybridized carbons (Fsp3) is 1.00. The van der Waals surface area contributed by atoms with E-state index in [4.69, 9.17) is 0 Å². The van der Waals surface area contributed by atoms with Gasteiger partial charge in [-0.25, -0.2) is 0 Å². The monoisotopic (exact) mass is 202 g/mol. The van der Waals surface area contributed by atoms with Crippen LogP contribution in [0.25, 0.3) is 0 Å². The van der Waals surface area contributed by atoms with Crippen molar-refractivity contribution in [1.82, 2.24) is 0 Å². The first kappa shape index (κ1) is 11.7. The van der Waals surface area contributed by atoms with Crippen LogP contribution in [0.5, 0.6) is 0 Å². The molecule has 0 aliphatic heterocycles. The van der Waals surface area contributed by atoms with Gasteiger partial charge in [-0.15, -0.1) is 0 Å². The highest BCUT2D eigenvalue weighted by atomic mass is 28.4. The van der Waals surface area contributed by atoms with Gasteiger partial charge in [-0.1, -0.05) is 50.6 Å². The van der Waals surface area contributed by atoms with E-state index in [1.165, 1.54) is 9.52 Å². The topological polar surface area (TPSA) is 0 Å². The summed E-state index contributed by atoms with van der Waals surface area (Å²) >= 11 is 0. The molecule has 66 valence electrons. The van der Waals surface area contributed by atoms with Crippen molar-refractivity contribution in [3.8, 4) is 0 Å². The third-order valence-corrected chi connectivity index (χ3v) is 18.2. The average Bonchev–Trinajstić information content (AvgIpc) is 1.56. The first-order valence-corrected chi connectivity index (χ1v) is 13.1. The van der Waals surface area contributed by atoms with Crippen molar-refractivity contribution in [2.24, 2.45) is 0 Å². The molecule has 0 atom stereocenters. The maximum atomic E-state index is 2.52. The van der Waals surface area contributed by atoms with E-state index in [9.17, 15) is 0 Å². The van der Waals surface area contributed by atoms with Crippen molar-refractivity contribution in [3.63, 3.8) is 0 Å². The molecule has 0 amide bonds. The molecule has 0 saturated carbocycles. The molecule has 2 radical (unpaired) electrons. The molecule has 0 heterocycles. The predicted octanol–water partition coefficient (Wildman–Crippen LogP) is 3.28. The lowest BCUT2D eigenvalue weighted by molar-refractivity contribution is 1.42. The summed E-state index contributed by atoms with van der Waals surface area (Å²) in [6.07, 6.45) is 0. The molecule has 0 spiro atoms. The Kier molecular flexibility index (Phi) is 3.79. The SMILES string of the molecule is C[Si]C([Si](C)(C)C)[Si](C)(C)C. The quantitative estimate of drug-likeness (QED) is 0.616. The largest absolute Gasteiger partial charge is 0.0735 e. The van der Waals surface area contributed by atoms with Gasteiger partial charge in [-0.2, -0.15) is 0 Å². The Hall–Kier alpha value is 0.651. The van der Waals surface area contributed by atoms with E-state index in [-0.39, 0.29) is 0 Å². The highest BCUT2D eigenvalue weighted by Crippen LogP contribution is 2.30. The zero-order valence-electron chi connectivity index (χ0n) is 9.08. The number of hydrogen-bond donors (Lipinski definition) is 0. The van der Waals surface area contributed by atoms with Gasteiger partial charge in [0.2, 0.25) is 0 Å². The number of hydrogen-bond acceptors (Lipinski definition) is 0. The zero-order valence-corrected chi connectivity index (χ0v) is 12.1. The van der Waals surface area contributed by atoms with Gasteiger partial charge < -0.3 is 0 Å². The first-order valence-electron chi connectivity index (χ1n) is 4.37. The molecule has 0 unspecified atom stereocenters. The van der Waals surface area contributed by atoms with Crippen LogP contribution in [-0.2, 0) is 0 Å². The van der Waals surface area contributed by atoms with Crippen LogP contribution in [0.3, 0.4) is 0 Å². The molecule has 11 heavy (non-hydrogen) atoms. The van der Waals surface area contributed by atoms with Gasteiger partial charge in [0, 0.05) is 25.7 Å². The summed E-state index contributed by atoms with van der Waals surface area (Å²) in [6.45, 7) is 17.5. The number of rotatable bonds is 3. The summed E-state index contributed by atoms with van der Waals surface area (Å²) in [5.74, 6) is 0. The minimum Gasteiger partial charge on any atom is -0.0735 e. The van der Waals surface area contributed by atoms with Gasteiger partial charge in [-0.3, -0.25) is 0 Å². The van der Waals surface area contributed by atoms with E-state index in [2.05, 4.69) is 45.8 Å². The third-order valence-electron chi connectivity index (χ3n) is 2.02. The Bertz CT molecular complexity index is 104. The van der Waals surface area contributed by atoms with E-state index < -0.39 is 16.1 Å². The molecule has 0 fully saturated rings. The molecule has 0 aromatic rings. The third kappa shape index (κ3) is 3.71. The van der Waals surface area contributed by atoms with Gasteiger partial charge in [0.1, 0.15) is 0 Å². The van der Waals surface area contributed by atoms with E-state index >= 15 is 0 Å². The van der Waals surface area contributed by atoms with Crippen LogP contribution in [0.1, 0.15) is 0 Å². The first-order chi connectivity index (χ1) is 4.69. The van der Waals surface area contributed by atoms with Crippen molar-refractivity contribution >= 4 is 25.7 Å². The van der Waals surface area contributed by atoms with E-state index in [1.54, 1.807) is 0 Å². The van der Waals surface area contributed by atoms with Crippen molar-refractivity contribution in [3.05, 3.63) is 0 Å². The van der Waals surface area contributed by atoms with Gasteiger partial charge in [0.15, 0.2) is 0 Å². The van der Waals surface area contributed by atoms with Crippen LogP contribution in [0.4, 0.5) is 0 Å². The van der Waals surface area contributed by atoms with E-state index in [1.807, 2.05) is 0 Å². The van der Waals surface area contributed by atoms with E-state index in [0.717, 1.165) is 4.79 Å². The molecular formula is C8H22Si3. The minimum absolute atomic E-state index is 0.848. The summed E-state index contributed by atoms with van der Waals surface area (Å²) in [5, 5.41) is 0. The second kappa shape index (κ2) is 3.58. The lowest BCUT2D eigenvalue weighted by Gasteiger charge is -2.37. The Morgan fingerprint density at radius 1 is 0.818 bits per heavy atom.